The smallest absolute Gasteiger partial charge is 0.130 e. The van der Waals surface area contributed by atoms with E-state index in [-0.39, 0.29) is 5.56 Å². The van der Waals surface area contributed by atoms with Crippen LogP contribution in [-0.2, 0) is 0 Å². The molecule has 0 spiro atoms. The number of benzene rings is 1. The number of halogens is 2. The number of hydrogen-bond acceptors (Lipinski definition) is 1. The summed E-state index contributed by atoms with van der Waals surface area (Å²) in [4.78, 5) is 0. The molecular formula is C10H12ClFO. The molecule has 0 fully saturated rings. The third-order valence-electron chi connectivity index (χ3n) is 1.90. The van der Waals surface area contributed by atoms with Gasteiger partial charge in [-0.3, -0.25) is 0 Å². The van der Waals surface area contributed by atoms with Gasteiger partial charge in [0.15, 0.2) is 0 Å². The quantitative estimate of drug-likeness (QED) is 0.798. The van der Waals surface area contributed by atoms with E-state index < -0.39 is 11.9 Å². The fourth-order valence-corrected chi connectivity index (χ4v) is 1.54. The summed E-state index contributed by atoms with van der Waals surface area (Å²) in [5, 5.41) is 9.85. The molecule has 0 unspecified atom stereocenters. The minimum absolute atomic E-state index is 0.214. The molecule has 0 saturated heterocycles. The second-order valence-corrected chi connectivity index (χ2v) is 3.35. The van der Waals surface area contributed by atoms with Crippen molar-refractivity contribution in [2.45, 2.75) is 25.9 Å². The zero-order chi connectivity index (χ0) is 9.84. The number of aliphatic hydroxyl groups is 1. The van der Waals surface area contributed by atoms with Gasteiger partial charge in [0.05, 0.1) is 6.10 Å². The monoisotopic (exact) mass is 202 g/mol. The molecule has 13 heavy (non-hydrogen) atoms. The number of rotatable bonds is 3. The van der Waals surface area contributed by atoms with Gasteiger partial charge in [-0.15, -0.1) is 0 Å². The summed E-state index contributed by atoms with van der Waals surface area (Å²) in [6, 6.07) is 4.42. The molecule has 0 bridgehead atoms. The normalized spacial score (nSPS) is 12.9. The van der Waals surface area contributed by atoms with Gasteiger partial charge >= 0.3 is 0 Å². The van der Waals surface area contributed by atoms with E-state index in [0.717, 1.165) is 6.42 Å². The van der Waals surface area contributed by atoms with E-state index in [2.05, 4.69) is 0 Å². The molecule has 1 atom stereocenters. The first kappa shape index (κ1) is 10.5. The van der Waals surface area contributed by atoms with Gasteiger partial charge in [-0.2, -0.15) is 0 Å². The zero-order valence-electron chi connectivity index (χ0n) is 7.43. The van der Waals surface area contributed by atoms with Gasteiger partial charge in [0.1, 0.15) is 5.82 Å². The maximum atomic E-state index is 13.2. The lowest BCUT2D eigenvalue weighted by molar-refractivity contribution is 0.162. The van der Waals surface area contributed by atoms with Crippen molar-refractivity contribution in [3.05, 3.63) is 34.6 Å². The lowest BCUT2D eigenvalue weighted by Crippen LogP contribution is -2.00. The van der Waals surface area contributed by atoms with Crippen LogP contribution < -0.4 is 0 Å². The summed E-state index contributed by atoms with van der Waals surface area (Å²) in [7, 11) is 0. The van der Waals surface area contributed by atoms with Gasteiger partial charge < -0.3 is 5.11 Å². The van der Waals surface area contributed by atoms with Gasteiger partial charge in [0.2, 0.25) is 0 Å². The molecule has 1 nitrogen and oxygen atoms in total. The summed E-state index contributed by atoms with van der Waals surface area (Å²) in [5.74, 6) is -0.437. The Morgan fingerprint density at radius 1 is 1.54 bits per heavy atom. The summed E-state index contributed by atoms with van der Waals surface area (Å²) in [6.45, 7) is 1.93. The molecule has 0 aromatic heterocycles. The van der Waals surface area contributed by atoms with E-state index in [9.17, 15) is 9.50 Å². The molecule has 0 saturated carbocycles. The SMILES string of the molecule is CCC[C@H](O)c1c(F)cccc1Cl. The largest absolute Gasteiger partial charge is 0.388 e. The third-order valence-corrected chi connectivity index (χ3v) is 2.22. The predicted molar refractivity (Wildman–Crippen MR) is 51.3 cm³/mol. The van der Waals surface area contributed by atoms with Crippen LogP contribution in [0.2, 0.25) is 5.02 Å². The molecule has 3 heteroatoms. The molecule has 1 aromatic rings. The van der Waals surface area contributed by atoms with Crippen LogP contribution in [0.4, 0.5) is 4.39 Å². The number of hydrogen-bond donors (Lipinski definition) is 1. The molecule has 0 heterocycles. The summed E-state index contributed by atoms with van der Waals surface area (Å²) < 4.78 is 13.2. The highest BCUT2D eigenvalue weighted by atomic mass is 35.5. The van der Waals surface area contributed by atoms with Crippen LogP contribution in [0.1, 0.15) is 31.4 Å². The van der Waals surface area contributed by atoms with Crippen LogP contribution in [-0.4, -0.2) is 5.11 Å². The molecule has 1 N–H and O–H groups in total. The fraction of sp³-hybridized carbons (Fsp3) is 0.400. The van der Waals surface area contributed by atoms with Crippen molar-refractivity contribution >= 4 is 11.6 Å². The highest BCUT2D eigenvalue weighted by molar-refractivity contribution is 6.31. The second-order valence-electron chi connectivity index (χ2n) is 2.94. The van der Waals surface area contributed by atoms with Crippen LogP contribution >= 0.6 is 11.6 Å². The van der Waals surface area contributed by atoms with Gasteiger partial charge in [0, 0.05) is 10.6 Å². The Hall–Kier alpha value is -0.600. The first-order chi connectivity index (χ1) is 6.16. The van der Waals surface area contributed by atoms with Crippen molar-refractivity contribution in [2.24, 2.45) is 0 Å². The van der Waals surface area contributed by atoms with Crippen molar-refractivity contribution in [1.82, 2.24) is 0 Å². The van der Waals surface area contributed by atoms with Crippen molar-refractivity contribution in [2.75, 3.05) is 0 Å². The minimum Gasteiger partial charge on any atom is -0.388 e. The predicted octanol–water partition coefficient (Wildman–Crippen LogP) is 3.31. The summed E-state index contributed by atoms with van der Waals surface area (Å²) >= 11 is 5.76. The van der Waals surface area contributed by atoms with E-state index in [1.807, 2.05) is 6.92 Å². The molecule has 0 amide bonds. The molecule has 0 aliphatic heterocycles. The fourth-order valence-electron chi connectivity index (χ4n) is 1.25. The molecule has 0 aliphatic rings. The molecule has 1 aromatic carbocycles. The molecule has 0 radical (unpaired) electrons. The highest BCUT2D eigenvalue weighted by Crippen LogP contribution is 2.28. The second kappa shape index (κ2) is 4.58. The van der Waals surface area contributed by atoms with Crippen molar-refractivity contribution in [1.29, 1.82) is 0 Å². The van der Waals surface area contributed by atoms with Gasteiger partial charge in [-0.25, -0.2) is 4.39 Å². The summed E-state index contributed by atoms with van der Waals surface area (Å²) in [6.07, 6.45) is 0.533. The Bertz CT molecular complexity index is 268. The number of aliphatic hydroxyl groups excluding tert-OH is 1. The Kier molecular flexibility index (Phi) is 3.70. The lowest BCUT2D eigenvalue weighted by Gasteiger charge is -2.11. The van der Waals surface area contributed by atoms with Gasteiger partial charge in [-0.1, -0.05) is 31.0 Å². The van der Waals surface area contributed by atoms with E-state index in [1.165, 1.54) is 12.1 Å². The molecule has 0 aliphatic carbocycles. The standard InChI is InChI=1S/C10H12ClFO/c1-2-4-9(13)10-7(11)5-3-6-8(10)12/h3,5-6,9,13H,2,4H2,1H3/t9-/m0/s1. The highest BCUT2D eigenvalue weighted by Gasteiger charge is 2.14. The molecule has 72 valence electrons. The van der Waals surface area contributed by atoms with Crippen LogP contribution in [0, 0.1) is 5.82 Å². The average Bonchev–Trinajstić information content (AvgIpc) is 2.04. The van der Waals surface area contributed by atoms with E-state index >= 15 is 0 Å². The van der Waals surface area contributed by atoms with Crippen LogP contribution in [0.3, 0.4) is 0 Å². The van der Waals surface area contributed by atoms with Crippen LogP contribution in [0.5, 0.6) is 0 Å². The topological polar surface area (TPSA) is 20.2 Å². The van der Waals surface area contributed by atoms with Crippen molar-refractivity contribution < 1.29 is 9.50 Å². The maximum absolute atomic E-state index is 13.2. The molecule has 1 rings (SSSR count). The first-order valence-corrected chi connectivity index (χ1v) is 4.66. The Morgan fingerprint density at radius 2 is 2.23 bits per heavy atom. The first-order valence-electron chi connectivity index (χ1n) is 4.28. The zero-order valence-corrected chi connectivity index (χ0v) is 8.18. The molecular weight excluding hydrogens is 191 g/mol. The maximum Gasteiger partial charge on any atom is 0.130 e. The third kappa shape index (κ3) is 2.42. The van der Waals surface area contributed by atoms with Crippen LogP contribution in [0.25, 0.3) is 0 Å². The van der Waals surface area contributed by atoms with E-state index in [0.29, 0.717) is 11.4 Å². The minimum atomic E-state index is -0.793. The average molecular weight is 203 g/mol. The summed E-state index contributed by atoms with van der Waals surface area (Å²) in [5.41, 5.74) is 0.214. The van der Waals surface area contributed by atoms with E-state index in [1.54, 1.807) is 6.07 Å². The lowest BCUT2D eigenvalue weighted by atomic mass is 10.0. The Morgan fingerprint density at radius 3 is 2.77 bits per heavy atom. The van der Waals surface area contributed by atoms with Crippen molar-refractivity contribution in [3.8, 4) is 0 Å². The van der Waals surface area contributed by atoms with E-state index in [4.69, 9.17) is 11.6 Å². The Balaban J connectivity index is 2.98. The Labute approximate surface area is 82.2 Å². The van der Waals surface area contributed by atoms with Gasteiger partial charge in [-0.05, 0) is 18.6 Å². The van der Waals surface area contributed by atoms with Crippen LogP contribution in [0.15, 0.2) is 18.2 Å². The van der Waals surface area contributed by atoms with Gasteiger partial charge in [0.25, 0.3) is 0 Å². The van der Waals surface area contributed by atoms with Crippen molar-refractivity contribution in [3.63, 3.8) is 0 Å².